The Hall–Kier alpha value is -3.07. The molecule has 0 aromatic carbocycles. The van der Waals surface area contributed by atoms with E-state index in [0.29, 0.717) is 24.1 Å². The van der Waals surface area contributed by atoms with Gasteiger partial charge in [-0.25, -0.2) is 4.79 Å². The van der Waals surface area contributed by atoms with Crippen LogP contribution in [0, 0.1) is 5.92 Å². The number of halogens is 1. The number of carboxylic acids is 1. The lowest BCUT2D eigenvalue weighted by molar-refractivity contribution is -0.151. The minimum atomic E-state index is -1.71. The van der Waals surface area contributed by atoms with Crippen molar-refractivity contribution in [3.8, 4) is 0 Å². The number of ketones is 1. The SMILES string of the molecule is C=C/C=C(C)\C(=C\C)C(=O)OCC(=O)[C@H](CC(=O)O)NC(=O)C1(COI)CC([C@@H](NC(=O)CCC)C(C)C)=NO1. The zero-order valence-electron chi connectivity index (χ0n) is 23.5. The Morgan fingerprint density at radius 1 is 1.25 bits per heavy atom. The van der Waals surface area contributed by atoms with E-state index in [-0.39, 0.29) is 30.4 Å². The summed E-state index contributed by atoms with van der Waals surface area (Å²) in [4.78, 5) is 68.1. The predicted octanol–water partition coefficient (Wildman–Crippen LogP) is 2.96. The zero-order valence-corrected chi connectivity index (χ0v) is 25.6. The van der Waals surface area contributed by atoms with Crippen LogP contribution >= 0.6 is 23.0 Å². The van der Waals surface area contributed by atoms with E-state index in [9.17, 15) is 29.1 Å². The van der Waals surface area contributed by atoms with Gasteiger partial charge in [-0.1, -0.05) is 50.7 Å². The number of allylic oxidation sites excluding steroid dienone is 3. The molecule has 222 valence electrons. The first-order chi connectivity index (χ1) is 18.8. The van der Waals surface area contributed by atoms with Crippen molar-refractivity contribution in [2.24, 2.45) is 11.1 Å². The van der Waals surface area contributed by atoms with Gasteiger partial charge < -0.3 is 28.4 Å². The van der Waals surface area contributed by atoms with Crippen LogP contribution in [-0.4, -0.2) is 71.3 Å². The fraction of sp³-hybridized carbons (Fsp3) is 0.556. The van der Waals surface area contributed by atoms with Gasteiger partial charge in [0, 0.05) is 12.8 Å². The summed E-state index contributed by atoms with van der Waals surface area (Å²) in [5.41, 5.74) is -0.539. The Kier molecular flexibility index (Phi) is 14.8. The van der Waals surface area contributed by atoms with Gasteiger partial charge in [0.15, 0.2) is 12.4 Å². The molecule has 0 aliphatic carbocycles. The third kappa shape index (κ3) is 10.2. The van der Waals surface area contributed by atoms with Crippen molar-refractivity contribution < 1.29 is 41.7 Å². The van der Waals surface area contributed by atoms with Gasteiger partial charge in [0.2, 0.25) is 11.5 Å². The third-order valence-corrected chi connectivity index (χ3v) is 6.36. The molecule has 0 saturated heterocycles. The second-order valence-electron chi connectivity index (χ2n) is 9.59. The number of nitrogens with zero attached hydrogens (tertiary/aromatic N) is 1. The topological polar surface area (TPSA) is 170 Å². The van der Waals surface area contributed by atoms with E-state index in [1.165, 1.54) is 12.2 Å². The summed E-state index contributed by atoms with van der Waals surface area (Å²) in [5, 5.41) is 18.7. The molecule has 1 aliphatic rings. The van der Waals surface area contributed by atoms with E-state index in [2.05, 4.69) is 22.4 Å². The number of oxime groups is 1. The highest BCUT2D eigenvalue weighted by atomic mass is 127. The average Bonchev–Trinajstić information content (AvgIpc) is 3.31. The number of carboxylic acid groups (broad SMARTS) is 1. The average molecular weight is 676 g/mol. The van der Waals surface area contributed by atoms with Crippen LogP contribution < -0.4 is 10.6 Å². The molecular formula is C27H38IN3O9. The number of esters is 1. The lowest BCUT2D eigenvalue weighted by Gasteiger charge is -2.27. The molecule has 13 heteroatoms. The molecule has 2 amide bonds. The second kappa shape index (κ2) is 16.9. The molecule has 0 bridgehead atoms. The van der Waals surface area contributed by atoms with Crippen molar-refractivity contribution in [1.82, 2.24) is 10.6 Å². The van der Waals surface area contributed by atoms with Gasteiger partial charge in [-0.05, 0) is 31.8 Å². The molecule has 0 radical (unpaired) electrons. The van der Waals surface area contributed by atoms with Crippen molar-refractivity contribution in [3.63, 3.8) is 0 Å². The fourth-order valence-electron chi connectivity index (χ4n) is 3.93. The number of nitrogens with one attached hydrogen (secondary N) is 2. The summed E-state index contributed by atoms with van der Waals surface area (Å²) in [6.45, 7) is 11.5. The maximum Gasteiger partial charge on any atom is 0.338 e. The quantitative estimate of drug-likeness (QED) is 0.0908. The highest BCUT2D eigenvalue weighted by Crippen LogP contribution is 2.29. The molecule has 3 atom stereocenters. The number of rotatable bonds is 17. The number of carbonyl (C=O) groups is 5. The van der Waals surface area contributed by atoms with E-state index < -0.39 is 54.3 Å². The van der Waals surface area contributed by atoms with Crippen LogP contribution in [0.2, 0.25) is 0 Å². The molecule has 3 N–H and O–H groups in total. The molecule has 12 nitrogen and oxygen atoms in total. The molecule has 0 aromatic rings. The van der Waals surface area contributed by atoms with Crippen LogP contribution in [0.15, 0.2) is 41.1 Å². The molecule has 0 aromatic heterocycles. The van der Waals surface area contributed by atoms with Gasteiger partial charge in [-0.15, -0.1) is 0 Å². The first-order valence-electron chi connectivity index (χ1n) is 12.8. The molecule has 0 spiro atoms. The van der Waals surface area contributed by atoms with Crippen molar-refractivity contribution in [2.75, 3.05) is 13.2 Å². The Labute approximate surface area is 248 Å². The summed E-state index contributed by atoms with van der Waals surface area (Å²) >= 11 is 1.58. The minimum absolute atomic E-state index is 0.0698. The number of aliphatic carboxylic acids is 1. The monoisotopic (exact) mass is 675 g/mol. The summed E-state index contributed by atoms with van der Waals surface area (Å²) in [6.07, 6.45) is 4.75. The Bertz CT molecular complexity index is 1070. The number of hydrogen-bond acceptors (Lipinski definition) is 9. The van der Waals surface area contributed by atoms with Crippen LogP contribution in [0.3, 0.4) is 0 Å². The Morgan fingerprint density at radius 2 is 1.93 bits per heavy atom. The van der Waals surface area contributed by atoms with Gasteiger partial charge in [0.25, 0.3) is 5.91 Å². The molecule has 1 heterocycles. The molecule has 0 fully saturated rings. The molecule has 1 unspecified atom stereocenters. The Morgan fingerprint density at radius 3 is 2.45 bits per heavy atom. The van der Waals surface area contributed by atoms with E-state index in [4.69, 9.17) is 12.6 Å². The first kappa shape index (κ1) is 35.0. The molecular weight excluding hydrogens is 637 g/mol. The van der Waals surface area contributed by atoms with Crippen LogP contribution in [0.4, 0.5) is 0 Å². The predicted molar refractivity (Wildman–Crippen MR) is 155 cm³/mol. The number of amides is 2. The van der Waals surface area contributed by atoms with Crippen LogP contribution in [0.5, 0.6) is 0 Å². The van der Waals surface area contributed by atoms with Crippen molar-refractivity contribution in [3.05, 3.63) is 36.0 Å². The molecule has 0 saturated carbocycles. The summed E-state index contributed by atoms with van der Waals surface area (Å²) in [6, 6.07) is -2.04. The zero-order chi connectivity index (χ0) is 30.5. The van der Waals surface area contributed by atoms with Crippen LogP contribution in [0.1, 0.15) is 60.3 Å². The summed E-state index contributed by atoms with van der Waals surface area (Å²) in [5.74, 6) is -4.06. The van der Waals surface area contributed by atoms with Gasteiger partial charge in [-0.2, -0.15) is 0 Å². The van der Waals surface area contributed by atoms with Crippen LogP contribution in [-0.2, 0) is 36.6 Å². The van der Waals surface area contributed by atoms with E-state index >= 15 is 0 Å². The second-order valence-corrected chi connectivity index (χ2v) is 10.2. The number of hydrogen-bond donors (Lipinski definition) is 3. The fourth-order valence-corrected chi connectivity index (χ4v) is 4.43. The molecule has 40 heavy (non-hydrogen) atoms. The standard InChI is InChI=1S/C27H38IN3O9/c1-7-10-17(6)18(9-3)25(36)38-14-21(32)19(12-23(34)35)29-26(37)27(15-39-28)13-20(31-40-27)24(16(4)5)30-22(33)11-8-2/h7,9-10,16,19,24H,1,8,11-15H2,2-6H3,(H,29,37)(H,30,33)(H,34,35)/b17-10-,18-9-/t19-,24-,27?/m0/s1. The summed E-state index contributed by atoms with van der Waals surface area (Å²) < 4.78 is 10.3. The summed E-state index contributed by atoms with van der Waals surface area (Å²) in [7, 11) is 0. The lowest BCUT2D eigenvalue weighted by atomic mass is 9.89. The largest absolute Gasteiger partial charge is 0.481 e. The van der Waals surface area contributed by atoms with E-state index in [1.807, 2.05) is 20.8 Å². The Balaban J connectivity index is 3.07. The highest BCUT2D eigenvalue weighted by Gasteiger charge is 2.50. The smallest absolute Gasteiger partial charge is 0.338 e. The molecule has 1 aliphatic heterocycles. The van der Waals surface area contributed by atoms with E-state index in [0.717, 1.165) is 0 Å². The maximum absolute atomic E-state index is 13.4. The van der Waals surface area contributed by atoms with Gasteiger partial charge in [0.05, 0.1) is 23.7 Å². The van der Waals surface area contributed by atoms with Crippen molar-refractivity contribution >= 4 is 58.3 Å². The normalized spacial score (nSPS) is 18.7. The van der Waals surface area contributed by atoms with Gasteiger partial charge in [0.1, 0.15) is 35.7 Å². The van der Waals surface area contributed by atoms with Crippen molar-refractivity contribution in [1.29, 1.82) is 0 Å². The third-order valence-electron chi connectivity index (χ3n) is 6.04. The minimum Gasteiger partial charge on any atom is -0.481 e. The van der Waals surface area contributed by atoms with E-state index in [1.54, 1.807) is 42.9 Å². The molecule has 1 rings (SSSR count). The highest BCUT2D eigenvalue weighted by molar-refractivity contribution is 14.1. The van der Waals surface area contributed by atoms with Crippen molar-refractivity contribution in [2.45, 2.75) is 78.0 Å². The lowest BCUT2D eigenvalue weighted by Crippen LogP contribution is -2.56. The maximum atomic E-state index is 13.4. The number of ether oxygens (including phenoxy) is 1. The van der Waals surface area contributed by atoms with Gasteiger partial charge in [-0.3, -0.25) is 19.2 Å². The first-order valence-corrected chi connectivity index (χ1v) is 13.7. The number of Topliss-reactive ketones (excluding diaryl/α,β-unsaturated/α-hetero) is 1. The number of carbonyl (C=O) groups excluding carboxylic acids is 4. The van der Waals surface area contributed by atoms with Gasteiger partial charge >= 0.3 is 11.9 Å². The van der Waals surface area contributed by atoms with Crippen LogP contribution in [0.25, 0.3) is 0 Å².